The molecular weight excluding hydrogens is 366 g/mol. The summed E-state index contributed by atoms with van der Waals surface area (Å²) < 4.78 is 31.7. The lowest BCUT2D eigenvalue weighted by Crippen LogP contribution is -2.38. The van der Waals surface area contributed by atoms with Crippen LogP contribution in [0.15, 0.2) is 36.7 Å². The number of nitrogens with one attached hydrogen (secondary N) is 1. The van der Waals surface area contributed by atoms with E-state index in [2.05, 4.69) is 15.3 Å². The maximum Gasteiger partial charge on any atom is 0.407 e. The first-order chi connectivity index (χ1) is 13.4. The van der Waals surface area contributed by atoms with Gasteiger partial charge in [0.25, 0.3) is 6.43 Å². The molecule has 0 aliphatic carbocycles. The topological polar surface area (TPSA) is 67.3 Å². The number of carbonyl (C=O) groups is 1. The van der Waals surface area contributed by atoms with Gasteiger partial charge in [0.15, 0.2) is 0 Å². The second kappa shape index (κ2) is 8.95. The van der Waals surface area contributed by atoms with Gasteiger partial charge in [-0.1, -0.05) is 38.1 Å². The van der Waals surface area contributed by atoms with E-state index in [0.29, 0.717) is 36.8 Å². The Bertz CT molecular complexity index is 816. The summed E-state index contributed by atoms with van der Waals surface area (Å²) in [5.41, 5.74) is 0.710. The summed E-state index contributed by atoms with van der Waals surface area (Å²) >= 11 is 0. The molecule has 1 aromatic heterocycles. The van der Waals surface area contributed by atoms with Gasteiger partial charge in [0.05, 0.1) is 30.7 Å². The number of rotatable bonds is 6. The van der Waals surface area contributed by atoms with Crippen LogP contribution in [0.3, 0.4) is 0 Å². The number of alkyl halides is 2. The number of alkyl carbamates (subject to hydrolysis) is 1. The van der Waals surface area contributed by atoms with E-state index in [9.17, 15) is 13.6 Å². The number of benzene rings is 1. The molecule has 6 nitrogen and oxygen atoms in total. The summed E-state index contributed by atoms with van der Waals surface area (Å²) in [7, 11) is 0. The number of hydrogen-bond donors (Lipinski definition) is 1. The molecule has 2 heterocycles. The molecule has 28 heavy (non-hydrogen) atoms. The molecule has 1 aliphatic rings. The maximum absolute atomic E-state index is 13.3. The summed E-state index contributed by atoms with van der Waals surface area (Å²) in [5, 5.41) is 2.85. The van der Waals surface area contributed by atoms with E-state index >= 15 is 0 Å². The van der Waals surface area contributed by atoms with Crippen molar-refractivity contribution in [3.63, 3.8) is 0 Å². The standard InChI is InChI=1S/C20H24F2N4O2/c1-13(2)12-28-20(27)24-14-7-8-26(11-14)18-10-23-9-17(25-18)15-5-3-4-6-16(15)19(21)22/h3-6,9-10,13-14,19H,7-8,11-12H2,1-2H3,(H,24,27). The average Bonchev–Trinajstić information content (AvgIpc) is 3.15. The lowest BCUT2D eigenvalue weighted by atomic mass is 10.1. The SMILES string of the molecule is CC(C)COC(=O)NC1CCN(c2cncc(-c3ccccc3C(F)F)n2)C1. The first-order valence-corrected chi connectivity index (χ1v) is 9.31. The molecule has 150 valence electrons. The van der Waals surface area contributed by atoms with Crippen LogP contribution in [0.1, 0.15) is 32.3 Å². The summed E-state index contributed by atoms with van der Waals surface area (Å²) in [6.45, 7) is 5.57. The minimum atomic E-state index is -2.58. The zero-order chi connectivity index (χ0) is 20.1. The van der Waals surface area contributed by atoms with E-state index in [0.717, 1.165) is 6.42 Å². The quantitative estimate of drug-likeness (QED) is 0.806. The number of carbonyl (C=O) groups excluding carboxylic acids is 1. The predicted molar refractivity (Wildman–Crippen MR) is 102 cm³/mol. The Morgan fingerprint density at radius 3 is 2.86 bits per heavy atom. The van der Waals surface area contributed by atoms with Crippen molar-refractivity contribution < 1.29 is 18.3 Å². The van der Waals surface area contributed by atoms with Crippen molar-refractivity contribution in [2.75, 3.05) is 24.6 Å². The zero-order valence-corrected chi connectivity index (χ0v) is 15.9. The highest BCUT2D eigenvalue weighted by molar-refractivity contribution is 5.68. The molecule has 1 amide bonds. The molecule has 0 radical (unpaired) electrons. The Hall–Kier alpha value is -2.77. The molecule has 1 fully saturated rings. The monoisotopic (exact) mass is 390 g/mol. The zero-order valence-electron chi connectivity index (χ0n) is 15.9. The van der Waals surface area contributed by atoms with E-state index in [1.165, 1.54) is 12.3 Å². The van der Waals surface area contributed by atoms with Crippen LogP contribution in [0.5, 0.6) is 0 Å². The second-order valence-electron chi connectivity index (χ2n) is 7.22. The molecule has 1 saturated heterocycles. The number of nitrogens with zero attached hydrogens (tertiary/aromatic N) is 3. The van der Waals surface area contributed by atoms with Crippen molar-refractivity contribution in [3.05, 3.63) is 42.2 Å². The molecule has 1 N–H and O–H groups in total. The maximum atomic E-state index is 13.3. The van der Waals surface area contributed by atoms with Gasteiger partial charge in [-0.15, -0.1) is 0 Å². The van der Waals surface area contributed by atoms with Gasteiger partial charge < -0.3 is 15.0 Å². The molecule has 2 aromatic rings. The third-order valence-corrected chi connectivity index (χ3v) is 4.48. The molecule has 0 spiro atoms. The van der Waals surface area contributed by atoms with Crippen LogP contribution in [0.4, 0.5) is 19.4 Å². The van der Waals surface area contributed by atoms with Crippen LogP contribution in [0.25, 0.3) is 11.3 Å². The fraction of sp³-hybridized carbons (Fsp3) is 0.450. The molecule has 1 aliphatic heterocycles. The number of anilines is 1. The Kier molecular flexibility index (Phi) is 6.38. The molecule has 8 heteroatoms. The van der Waals surface area contributed by atoms with Crippen LogP contribution < -0.4 is 10.2 Å². The van der Waals surface area contributed by atoms with E-state index in [4.69, 9.17) is 4.74 Å². The first-order valence-electron chi connectivity index (χ1n) is 9.31. The Balaban J connectivity index is 1.68. The molecule has 0 bridgehead atoms. The van der Waals surface area contributed by atoms with E-state index in [1.54, 1.807) is 24.4 Å². The highest BCUT2D eigenvalue weighted by Gasteiger charge is 2.26. The lowest BCUT2D eigenvalue weighted by Gasteiger charge is -2.19. The molecule has 1 aromatic carbocycles. The number of halogens is 2. The number of ether oxygens (including phenoxy) is 1. The fourth-order valence-electron chi connectivity index (χ4n) is 3.10. The molecule has 0 saturated carbocycles. The average molecular weight is 390 g/mol. The Labute approximate surface area is 162 Å². The van der Waals surface area contributed by atoms with Crippen LogP contribution in [-0.4, -0.2) is 41.8 Å². The van der Waals surface area contributed by atoms with Crippen molar-refractivity contribution in [1.82, 2.24) is 15.3 Å². The lowest BCUT2D eigenvalue weighted by molar-refractivity contribution is 0.130. The largest absolute Gasteiger partial charge is 0.449 e. The van der Waals surface area contributed by atoms with Gasteiger partial charge in [-0.3, -0.25) is 4.98 Å². The second-order valence-corrected chi connectivity index (χ2v) is 7.22. The fourth-order valence-corrected chi connectivity index (χ4v) is 3.10. The molecule has 1 unspecified atom stereocenters. The van der Waals surface area contributed by atoms with Gasteiger partial charge in [0.1, 0.15) is 5.82 Å². The first kappa shape index (κ1) is 20.0. The third-order valence-electron chi connectivity index (χ3n) is 4.48. The van der Waals surface area contributed by atoms with Crippen molar-refractivity contribution in [1.29, 1.82) is 0 Å². The van der Waals surface area contributed by atoms with Crippen molar-refractivity contribution >= 4 is 11.9 Å². The van der Waals surface area contributed by atoms with Crippen LogP contribution in [0.2, 0.25) is 0 Å². The number of hydrogen-bond acceptors (Lipinski definition) is 5. The third kappa shape index (κ3) is 4.94. The van der Waals surface area contributed by atoms with Gasteiger partial charge in [-0.2, -0.15) is 0 Å². The smallest absolute Gasteiger partial charge is 0.407 e. The van der Waals surface area contributed by atoms with Gasteiger partial charge in [0.2, 0.25) is 0 Å². The van der Waals surface area contributed by atoms with Crippen LogP contribution >= 0.6 is 0 Å². The summed E-state index contributed by atoms with van der Waals surface area (Å²) in [5.74, 6) is 0.876. The van der Waals surface area contributed by atoms with Gasteiger partial charge in [-0.05, 0) is 12.3 Å². The van der Waals surface area contributed by atoms with E-state index in [-0.39, 0.29) is 17.5 Å². The summed E-state index contributed by atoms with van der Waals surface area (Å²) in [6.07, 6.45) is 0.828. The Morgan fingerprint density at radius 2 is 2.11 bits per heavy atom. The van der Waals surface area contributed by atoms with E-state index in [1.807, 2.05) is 18.7 Å². The summed E-state index contributed by atoms with van der Waals surface area (Å²) in [4.78, 5) is 22.5. The minimum Gasteiger partial charge on any atom is -0.449 e. The van der Waals surface area contributed by atoms with Gasteiger partial charge in [0, 0.05) is 24.2 Å². The molecular formula is C20H24F2N4O2. The minimum absolute atomic E-state index is 0.0570. The van der Waals surface area contributed by atoms with Gasteiger partial charge in [-0.25, -0.2) is 18.6 Å². The molecule has 3 rings (SSSR count). The van der Waals surface area contributed by atoms with Crippen molar-refractivity contribution in [2.24, 2.45) is 5.92 Å². The highest BCUT2D eigenvalue weighted by atomic mass is 19.3. The van der Waals surface area contributed by atoms with Crippen LogP contribution in [0, 0.1) is 5.92 Å². The van der Waals surface area contributed by atoms with Crippen molar-refractivity contribution in [3.8, 4) is 11.3 Å². The van der Waals surface area contributed by atoms with Crippen LogP contribution in [-0.2, 0) is 4.74 Å². The summed E-state index contributed by atoms with van der Waals surface area (Å²) in [6, 6.07) is 6.24. The highest BCUT2D eigenvalue weighted by Crippen LogP contribution is 2.30. The number of amides is 1. The normalized spacial score (nSPS) is 16.6. The van der Waals surface area contributed by atoms with E-state index < -0.39 is 12.5 Å². The van der Waals surface area contributed by atoms with Gasteiger partial charge >= 0.3 is 6.09 Å². The number of aromatic nitrogens is 2. The Morgan fingerprint density at radius 1 is 1.32 bits per heavy atom. The van der Waals surface area contributed by atoms with Crippen molar-refractivity contribution in [2.45, 2.75) is 32.7 Å². The molecule has 1 atom stereocenters. The predicted octanol–water partition coefficient (Wildman–Crippen LogP) is 4.04.